The van der Waals surface area contributed by atoms with Crippen molar-refractivity contribution in [3.63, 3.8) is 0 Å². The Labute approximate surface area is 144 Å². The highest BCUT2D eigenvalue weighted by Gasteiger charge is 2.07. The van der Waals surface area contributed by atoms with Crippen LogP contribution >= 0.6 is 0 Å². The van der Waals surface area contributed by atoms with E-state index in [2.05, 4.69) is 38.1 Å². The van der Waals surface area contributed by atoms with E-state index in [-0.39, 0.29) is 5.97 Å². The van der Waals surface area contributed by atoms with Crippen LogP contribution in [0.2, 0.25) is 0 Å². The molecule has 0 atom stereocenters. The standard InChI is InChI=1S/C21H26O3/c1-3-4-5-6-15-23-21(22)19-11-13-20(14-12-19)24-16-18-9-7-17(2)8-10-18/h7-14H,3-6,15-16H2,1-2H3. The number of rotatable bonds is 9. The predicted molar refractivity (Wildman–Crippen MR) is 96.4 cm³/mol. The smallest absolute Gasteiger partial charge is 0.338 e. The Bertz CT molecular complexity index is 615. The quantitative estimate of drug-likeness (QED) is 0.462. The minimum Gasteiger partial charge on any atom is -0.489 e. The van der Waals surface area contributed by atoms with Crippen molar-refractivity contribution in [2.75, 3.05) is 6.61 Å². The van der Waals surface area contributed by atoms with Gasteiger partial charge in [-0.05, 0) is 43.2 Å². The van der Waals surface area contributed by atoms with Gasteiger partial charge in [0.15, 0.2) is 0 Å². The fourth-order valence-electron chi connectivity index (χ4n) is 2.32. The first-order chi connectivity index (χ1) is 11.7. The highest BCUT2D eigenvalue weighted by Crippen LogP contribution is 2.15. The molecule has 0 aliphatic rings. The van der Waals surface area contributed by atoms with E-state index in [0.29, 0.717) is 18.8 Å². The Morgan fingerprint density at radius 2 is 1.62 bits per heavy atom. The van der Waals surface area contributed by atoms with Crippen LogP contribution in [0.4, 0.5) is 0 Å². The summed E-state index contributed by atoms with van der Waals surface area (Å²) in [5, 5.41) is 0. The molecule has 128 valence electrons. The molecule has 3 nitrogen and oxygen atoms in total. The number of ether oxygens (including phenoxy) is 2. The van der Waals surface area contributed by atoms with Crippen molar-refractivity contribution in [2.24, 2.45) is 0 Å². The molecule has 2 aromatic rings. The van der Waals surface area contributed by atoms with Gasteiger partial charge in [0.2, 0.25) is 0 Å². The maximum Gasteiger partial charge on any atom is 0.338 e. The van der Waals surface area contributed by atoms with E-state index < -0.39 is 0 Å². The molecule has 0 N–H and O–H groups in total. The van der Waals surface area contributed by atoms with Crippen molar-refractivity contribution in [3.8, 4) is 5.75 Å². The average molecular weight is 326 g/mol. The summed E-state index contributed by atoms with van der Waals surface area (Å²) < 4.78 is 11.0. The third-order valence-electron chi connectivity index (χ3n) is 3.85. The first-order valence-electron chi connectivity index (χ1n) is 8.64. The summed E-state index contributed by atoms with van der Waals surface area (Å²) >= 11 is 0. The van der Waals surface area contributed by atoms with Crippen molar-refractivity contribution in [1.29, 1.82) is 0 Å². The zero-order valence-corrected chi connectivity index (χ0v) is 14.6. The lowest BCUT2D eigenvalue weighted by atomic mass is 10.2. The number of hydrogen-bond acceptors (Lipinski definition) is 3. The van der Waals surface area contributed by atoms with Crippen LogP contribution in [0.15, 0.2) is 48.5 Å². The molecular formula is C21H26O3. The van der Waals surface area contributed by atoms with E-state index in [1.54, 1.807) is 12.1 Å². The first kappa shape index (κ1) is 18.1. The summed E-state index contributed by atoms with van der Waals surface area (Å²) in [6.45, 7) is 5.23. The van der Waals surface area contributed by atoms with Crippen LogP contribution in [0, 0.1) is 6.92 Å². The lowest BCUT2D eigenvalue weighted by Crippen LogP contribution is -2.06. The van der Waals surface area contributed by atoms with E-state index in [4.69, 9.17) is 9.47 Å². The maximum absolute atomic E-state index is 11.9. The molecule has 0 fully saturated rings. The van der Waals surface area contributed by atoms with Crippen molar-refractivity contribution in [1.82, 2.24) is 0 Å². The molecule has 0 unspecified atom stereocenters. The van der Waals surface area contributed by atoms with Gasteiger partial charge in [-0.2, -0.15) is 0 Å². The molecule has 0 spiro atoms. The van der Waals surface area contributed by atoms with Crippen LogP contribution < -0.4 is 4.74 Å². The lowest BCUT2D eigenvalue weighted by Gasteiger charge is -2.08. The molecule has 0 aliphatic carbocycles. The fraction of sp³-hybridized carbons (Fsp3) is 0.381. The van der Waals surface area contributed by atoms with Crippen LogP contribution in [0.1, 0.15) is 54.1 Å². The second kappa shape index (κ2) is 9.76. The van der Waals surface area contributed by atoms with Crippen molar-refractivity contribution in [3.05, 3.63) is 65.2 Å². The number of aryl methyl sites for hydroxylation is 1. The average Bonchev–Trinajstić information content (AvgIpc) is 2.61. The monoisotopic (exact) mass is 326 g/mol. The molecule has 0 saturated heterocycles. The molecule has 24 heavy (non-hydrogen) atoms. The van der Waals surface area contributed by atoms with E-state index in [9.17, 15) is 4.79 Å². The van der Waals surface area contributed by atoms with Gasteiger partial charge in [0.1, 0.15) is 12.4 Å². The molecule has 0 aromatic heterocycles. The number of benzene rings is 2. The SMILES string of the molecule is CCCCCCOC(=O)c1ccc(OCc2ccc(C)cc2)cc1. The summed E-state index contributed by atoms with van der Waals surface area (Å²) in [5.74, 6) is 0.478. The van der Waals surface area contributed by atoms with E-state index in [1.807, 2.05) is 12.1 Å². The molecule has 0 amide bonds. The number of carbonyl (C=O) groups is 1. The summed E-state index contributed by atoms with van der Waals surface area (Å²) in [4.78, 5) is 11.9. The van der Waals surface area contributed by atoms with Gasteiger partial charge in [-0.25, -0.2) is 4.79 Å². The molecule has 0 radical (unpaired) electrons. The van der Waals surface area contributed by atoms with E-state index in [1.165, 1.54) is 18.4 Å². The molecule has 2 rings (SSSR count). The Balaban J connectivity index is 1.77. The zero-order chi connectivity index (χ0) is 17.2. The topological polar surface area (TPSA) is 35.5 Å². The summed E-state index contributed by atoms with van der Waals surface area (Å²) in [6.07, 6.45) is 4.40. The summed E-state index contributed by atoms with van der Waals surface area (Å²) in [6, 6.07) is 15.4. The van der Waals surface area contributed by atoms with Gasteiger partial charge >= 0.3 is 5.97 Å². The number of carbonyl (C=O) groups excluding carboxylic acids is 1. The largest absolute Gasteiger partial charge is 0.489 e. The number of hydrogen-bond donors (Lipinski definition) is 0. The van der Waals surface area contributed by atoms with Gasteiger partial charge < -0.3 is 9.47 Å². The third kappa shape index (κ3) is 6.07. The highest BCUT2D eigenvalue weighted by atomic mass is 16.5. The molecule has 2 aromatic carbocycles. The normalized spacial score (nSPS) is 10.4. The molecule has 0 bridgehead atoms. The summed E-state index contributed by atoms with van der Waals surface area (Å²) in [7, 11) is 0. The van der Waals surface area contributed by atoms with Crippen LogP contribution in [-0.4, -0.2) is 12.6 Å². The van der Waals surface area contributed by atoms with Crippen molar-refractivity contribution >= 4 is 5.97 Å². The number of unbranched alkanes of at least 4 members (excludes halogenated alkanes) is 3. The molecule has 0 aliphatic heterocycles. The van der Waals surface area contributed by atoms with Gasteiger partial charge in [0.25, 0.3) is 0 Å². The van der Waals surface area contributed by atoms with E-state index in [0.717, 1.165) is 24.2 Å². The minimum absolute atomic E-state index is 0.267. The molecule has 3 heteroatoms. The van der Waals surface area contributed by atoms with Crippen LogP contribution in [0.25, 0.3) is 0 Å². The Morgan fingerprint density at radius 1 is 0.917 bits per heavy atom. The zero-order valence-electron chi connectivity index (χ0n) is 14.6. The van der Waals surface area contributed by atoms with Gasteiger partial charge in [0.05, 0.1) is 12.2 Å². The lowest BCUT2D eigenvalue weighted by molar-refractivity contribution is 0.0498. The van der Waals surface area contributed by atoms with Gasteiger partial charge in [-0.1, -0.05) is 56.0 Å². The van der Waals surface area contributed by atoms with Crippen LogP contribution in [0.3, 0.4) is 0 Å². The van der Waals surface area contributed by atoms with Crippen LogP contribution in [-0.2, 0) is 11.3 Å². The second-order valence-electron chi connectivity index (χ2n) is 6.00. The van der Waals surface area contributed by atoms with E-state index >= 15 is 0 Å². The predicted octanol–water partition coefficient (Wildman–Crippen LogP) is 5.31. The second-order valence-corrected chi connectivity index (χ2v) is 6.00. The minimum atomic E-state index is -0.267. The Hall–Kier alpha value is -2.29. The van der Waals surface area contributed by atoms with Crippen molar-refractivity contribution in [2.45, 2.75) is 46.1 Å². The molecular weight excluding hydrogens is 300 g/mol. The molecule has 0 heterocycles. The fourth-order valence-corrected chi connectivity index (χ4v) is 2.32. The summed E-state index contributed by atoms with van der Waals surface area (Å²) in [5.41, 5.74) is 2.92. The molecule has 0 saturated carbocycles. The number of esters is 1. The first-order valence-corrected chi connectivity index (χ1v) is 8.64. The van der Waals surface area contributed by atoms with Gasteiger partial charge in [0, 0.05) is 0 Å². The van der Waals surface area contributed by atoms with Gasteiger partial charge in [-0.3, -0.25) is 0 Å². The maximum atomic E-state index is 11.9. The van der Waals surface area contributed by atoms with Crippen LogP contribution in [0.5, 0.6) is 5.75 Å². The highest BCUT2D eigenvalue weighted by molar-refractivity contribution is 5.89. The Morgan fingerprint density at radius 3 is 2.29 bits per heavy atom. The Kier molecular flexibility index (Phi) is 7.34. The van der Waals surface area contributed by atoms with Crippen molar-refractivity contribution < 1.29 is 14.3 Å². The van der Waals surface area contributed by atoms with Gasteiger partial charge in [-0.15, -0.1) is 0 Å². The third-order valence-corrected chi connectivity index (χ3v) is 3.85.